The fraction of sp³-hybridized carbons (Fsp3) is 0.710. The molecule has 8 saturated carbocycles. The zero-order chi connectivity index (χ0) is 72.6. The average Bonchev–Trinajstić information content (AvgIpc) is 1.51. The summed E-state index contributed by atoms with van der Waals surface area (Å²) in [6, 6.07) is 10.6. The van der Waals surface area contributed by atoms with Gasteiger partial charge in [-0.3, -0.25) is 19.2 Å². The molecule has 15 rings (SSSR count). The molecule has 5 aliphatic heterocycles. The number of ketones is 4. The van der Waals surface area contributed by atoms with Crippen molar-refractivity contribution in [3.63, 3.8) is 0 Å². The molecule has 24 nitrogen and oxygen atoms in total. The van der Waals surface area contributed by atoms with E-state index >= 15 is 0 Å². The first-order valence-electron chi connectivity index (χ1n) is 33.7. The molecule has 2 aromatic carbocycles. The molecule has 8 aliphatic carbocycles. The van der Waals surface area contributed by atoms with Gasteiger partial charge in [0.1, 0.15) is 23.0 Å². The molecule has 2 aromatic rings. The SMILES string of the molecule is C=C1C(=O)C23C(CCC1[C@H]2O)[C@@]12CO[C@@]3(O)[C@@H](O)[C@@H]1C(C)(C)CC[C@@H]2O.C=C1C(=O)C23C(CCC1[C@H]2O)[C@@]12CO[C@@]3(O)[C@@H](O)[C@@H]1C(C)(C)CC[C@@H]2O.CC(c1ccc(C(=O)CCCOCCN=[N+]=[N-])cc1)C(F)(F)F.[N-]=[N+]=NCCOCCCC(=O)c1ccc(C2(C(F)(F)F)N=N2)cc1. The Hall–Kier alpha value is -6.08. The van der Waals surface area contributed by atoms with Gasteiger partial charge in [-0.15, -0.1) is 10.2 Å². The lowest BCUT2D eigenvalue weighted by molar-refractivity contribution is -0.458. The second-order valence-corrected chi connectivity index (χ2v) is 30.0. The van der Waals surface area contributed by atoms with Crippen LogP contribution in [0.3, 0.4) is 0 Å². The van der Waals surface area contributed by atoms with Gasteiger partial charge in [-0.05, 0) is 122 Å². The number of nitrogens with zero attached hydrogens (tertiary/aromatic N) is 8. The number of rotatable bonds is 18. The number of benzene rings is 2. The summed E-state index contributed by atoms with van der Waals surface area (Å²) >= 11 is 0. The van der Waals surface area contributed by atoms with E-state index < -0.39 is 141 Å². The first kappa shape index (κ1) is 75.6. The van der Waals surface area contributed by atoms with E-state index in [9.17, 15) is 86.4 Å². The normalized spacial score (nSPS) is 38.0. The van der Waals surface area contributed by atoms with Gasteiger partial charge >= 0.3 is 18.0 Å². The van der Waals surface area contributed by atoms with Crippen molar-refractivity contribution in [2.75, 3.05) is 52.7 Å². The van der Waals surface area contributed by atoms with Gasteiger partial charge in [0.15, 0.2) is 23.1 Å². The van der Waals surface area contributed by atoms with Crippen LogP contribution in [0.2, 0.25) is 0 Å². The zero-order valence-electron chi connectivity index (χ0n) is 55.9. The van der Waals surface area contributed by atoms with Crippen molar-refractivity contribution in [3.05, 3.63) is 116 Å². The molecule has 8 bridgehead atoms. The van der Waals surface area contributed by atoms with Crippen LogP contribution in [0.1, 0.15) is 149 Å². The number of azide groups is 2. The second kappa shape index (κ2) is 27.3. The first-order chi connectivity index (χ1) is 46.4. The highest BCUT2D eigenvalue weighted by Gasteiger charge is 2.89. The molecule has 99 heavy (non-hydrogen) atoms. The maximum atomic E-state index is 13.3. The fourth-order valence-corrected chi connectivity index (χ4v) is 19.7. The number of hydrogen-bond donors (Lipinski definition) is 8. The van der Waals surface area contributed by atoms with Crippen LogP contribution in [0.4, 0.5) is 26.3 Å². The molecule has 0 aromatic heterocycles. The maximum absolute atomic E-state index is 13.3. The summed E-state index contributed by atoms with van der Waals surface area (Å²) in [7, 11) is 0. The minimum Gasteiger partial charge on any atom is -0.392 e. The molecule has 30 heteroatoms. The molecule has 13 aliphatic rings. The molecule has 7 unspecified atom stereocenters. The van der Waals surface area contributed by atoms with Crippen molar-refractivity contribution in [1.82, 2.24) is 0 Å². The largest absolute Gasteiger partial charge is 0.442 e. The Kier molecular flexibility index (Phi) is 20.8. The second-order valence-electron chi connectivity index (χ2n) is 30.0. The quantitative estimate of drug-likeness (QED) is 0.0131. The summed E-state index contributed by atoms with van der Waals surface area (Å²) in [4.78, 5) is 55.7. The predicted octanol–water partition coefficient (Wildman–Crippen LogP) is 9.55. The number of ether oxygens (including phenoxy) is 4. The zero-order valence-corrected chi connectivity index (χ0v) is 55.9. The fourth-order valence-electron chi connectivity index (χ4n) is 19.7. The van der Waals surface area contributed by atoms with E-state index in [4.69, 9.17) is 30.0 Å². The van der Waals surface area contributed by atoms with Crippen molar-refractivity contribution in [2.24, 2.45) is 88.5 Å². The maximum Gasteiger partial charge on any atom is 0.442 e. The molecule has 19 atom stereocenters. The van der Waals surface area contributed by atoms with E-state index in [-0.39, 0.29) is 79.3 Å². The van der Waals surface area contributed by atoms with Crippen LogP contribution in [0, 0.1) is 68.0 Å². The van der Waals surface area contributed by atoms with E-state index in [0.29, 0.717) is 93.5 Å². The highest BCUT2D eigenvalue weighted by Crippen LogP contribution is 2.78. The Morgan fingerprint density at radius 3 is 1.35 bits per heavy atom. The first-order valence-corrected chi connectivity index (χ1v) is 33.7. The number of carbonyl (C=O) groups excluding carboxylic acids is 4. The minimum absolute atomic E-state index is 0.0966. The van der Waals surface area contributed by atoms with Crippen LogP contribution in [0.25, 0.3) is 20.9 Å². The molecule has 5 heterocycles. The van der Waals surface area contributed by atoms with Gasteiger partial charge in [-0.1, -0.05) is 99.6 Å². The minimum atomic E-state index is -4.58. The summed E-state index contributed by atoms with van der Waals surface area (Å²) in [5, 5.41) is 103. The topological polar surface area (TPSA) is 389 Å². The highest BCUT2D eigenvalue weighted by atomic mass is 19.4. The lowest BCUT2D eigenvalue weighted by Gasteiger charge is -2.74. The lowest BCUT2D eigenvalue weighted by Crippen LogP contribution is -2.85. The molecule has 12 fully saturated rings. The summed E-state index contributed by atoms with van der Waals surface area (Å²) in [6.45, 7) is 18.9. The van der Waals surface area contributed by atoms with Crippen LogP contribution in [-0.2, 0) is 34.2 Å². The third-order valence-electron chi connectivity index (χ3n) is 24.5. The van der Waals surface area contributed by atoms with Gasteiger partial charge < -0.3 is 59.8 Å². The van der Waals surface area contributed by atoms with Gasteiger partial charge in [0.2, 0.25) is 11.6 Å². The van der Waals surface area contributed by atoms with Crippen LogP contribution in [0.5, 0.6) is 0 Å². The summed E-state index contributed by atoms with van der Waals surface area (Å²) < 4.78 is 98.3. The Labute approximate surface area is 567 Å². The van der Waals surface area contributed by atoms with Crippen molar-refractivity contribution < 1.29 is 105 Å². The van der Waals surface area contributed by atoms with Crippen molar-refractivity contribution in [2.45, 2.75) is 184 Å². The van der Waals surface area contributed by atoms with Crippen molar-refractivity contribution in [3.8, 4) is 0 Å². The van der Waals surface area contributed by atoms with Gasteiger partial charge in [0.05, 0.1) is 56.8 Å². The molecule has 8 N–H and O–H groups in total. The Balaban J connectivity index is 0.000000143. The number of hydrogen-bond acceptors (Lipinski definition) is 20. The van der Waals surface area contributed by atoms with Crippen LogP contribution in [0.15, 0.2) is 93.3 Å². The summed E-state index contributed by atoms with van der Waals surface area (Å²) in [5.41, 5.74) is 9.44. The van der Waals surface area contributed by atoms with Crippen LogP contribution >= 0.6 is 0 Å². The molecular formula is C69H88F6N8O16. The Morgan fingerprint density at radius 2 is 1.00 bits per heavy atom. The van der Waals surface area contributed by atoms with E-state index in [1.165, 1.54) is 48.5 Å². The number of aliphatic hydroxyl groups is 8. The number of fused-ring (bicyclic) bond motifs is 4. The number of carbonyl (C=O) groups is 4. The van der Waals surface area contributed by atoms with Gasteiger partial charge in [-0.25, -0.2) is 0 Å². The third-order valence-corrected chi connectivity index (χ3v) is 24.5. The van der Waals surface area contributed by atoms with Crippen LogP contribution in [-0.4, -0.2) is 177 Å². The smallest absolute Gasteiger partial charge is 0.392 e. The van der Waals surface area contributed by atoms with Crippen molar-refractivity contribution in [1.29, 1.82) is 0 Å². The third kappa shape index (κ3) is 11.7. The number of alkyl halides is 6. The number of halogens is 6. The summed E-state index contributed by atoms with van der Waals surface area (Å²) in [6.07, 6.45) is -8.95. The van der Waals surface area contributed by atoms with E-state index in [1.54, 1.807) is 0 Å². The van der Waals surface area contributed by atoms with Gasteiger partial charge in [-0.2, -0.15) is 26.3 Å². The molecule has 0 amide bonds. The van der Waals surface area contributed by atoms with Crippen LogP contribution < -0.4 is 0 Å². The Bertz CT molecular complexity index is 3460. The Morgan fingerprint density at radius 1 is 0.616 bits per heavy atom. The standard InChI is InChI=1S/2C20H28O6.C15H18F3N3O2.C14H14F3N5O2/c2*1-9-10-4-5-11-18-8-26-20(25,19(11,14(9)22)15(10)23)16(24)13(18)17(2,3)7-6-12(18)21;1-11(15(16,17)18)12-4-6-13(7-5-12)14(22)3-2-9-23-10-8-20-21-19;15-14(16,17)13(20-21-13)11-5-3-10(4-6-11)12(23)2-1-8-24-9-7-19-22-18/h2*10-13,15-16,21,23-25H,1,4-8H2,2-3H3;4-7,11H,2-3,8-10H2,1H3;3-6H,1-2,7-9H2/t2*10?,11?,12-,13+,15+,16-,18+,19?,20-;;/m00../s1. The molecule has 542 valence electrons. The predicted molar refractivity (Wildman–Crippen MR) is 338 cm³/mol. The lowest BCUT2D eigenvalue weighted by atomic mass is 9.35. The number of aliphatic hydroxyl groups excluding tert-OH is 6. The monoisotopic (exact) mass is 1400 g/mol. The van der Waals surface area contributed by atoms with E-state index in [1.807, 2.05) is 27.7 Å². The van der Waals surface area contributed by atoms with E-state index in [2.05, 4.69) is 43.4 Å². The molecule has 4 saturated heterocycles. The average molecular weight is 1400 g/mol. The summed E-state index contributed by atoms with van der Waals surface area (Å²) in [5.74, 6) is -9.49. The molecular weight excluding hydrogens is 1310 g/mol. The molecule has 0 radical (unpaired) electrons. The van der Waals surface area contributed by atoms with E-state index in [0.717, 1.165) is 19.8 Å². The number of Topliss-reactive ketones (excluding diaryl/α,β-unsaturated/α-hetero) is 4. The van der Waals surface area contributed by atoms with Gasteiger partial charge in [0, 0.05) is 100 Å². The van der Waals surface area contributed by atoms with Crippen molar-refractivity contribution >= 4 is 23.1 Å². The highest BCUT2D eigenvalue weighted by molar-refractivity contribution is 6.06. The van der Waals surface area contributed by atoms with Gasteiger partial charge in [0.25, 0.3) is 0 Å². The molecule has 4 spiro atoms.